The van der Waals surface area contributed by atoms with Gasteiger partial charge >= 0.3 is 64.4 Å². The van der Waals surface area contributed by atoms with E-state index in [-0.39, 0.29) is 8.76 Å². The number of halogens is 2. The molecule has 0 bridgehead atoms. The maximum absolute atomic E-state index is 10.5. The third-order valence-electron chi connectivity index (χ3n) is 0.625. The number of rotatable bonds is 2. The zero-order valence-electron chi connectivity index (χ0n) is 4.93. The van der Waals surface area contributed by atoms with Gasteiger partial charge in [-0.3, -0.25) is 0 Å². The first-order valence-electron chi connectivity index (χ1n) is 2.03. The Balaban J connectivity index is 4.38. The molecule has 0 saturated heterocycles. The van der Waals surface area contributed by atoms with Gasteiger partial charge in [-0.25, -0.2) is 0 Å². The molecule has 9 heavy (non-hydrogen) atoms. The first-order chi connectivity index (χ1) is 3.89. The SMILES string of the molecule is C[C](=O)[Ru]([Cl])([Cl])[C](C)=O. The van der Waals surface area contributed by atoms with Gasteiger partial charge in [0.25, 0.3) is 0 Å². The zero-order valence-corrected chi connectivity index (χ0v) is 8.18. The average Bonchev–Trinajstić information content (AvgIpc) is 1.65. The van der Waals surface area contributed by atoms with Crippen molar-refractivity contribution in [3.63, 3.8) is 0 Å². The van der Waals surface area contributed by atoms with Crippen LogP contribution in [0.4, 0.5) is 0 Å². The number of carbonyl (C=O) groups is 2. The van der Waals surface area contributed by atoms with Gasteiger partial charge in [0, 0.05) is 0 Å². The van der Waals surface area contributed by atoms with Crippen LogP contribution in [0.1, 0.15) is 13.8 Å². The van der Waals surface area contributed by atoms with Crippen LogP contribution in [0.5, 0.6) is 0 Å². The maximum atomic E-state index is 10.5. The first kappa shape index (κ1) is 9.54. The summed E-state index contributed by atoms with van der Waals surface area (Å²) in [5, 5.41) is 0. The van der Waals surface area contributed by atoms with Gasteiger partial charge in [-0.05, 0) is 0 Å². The van der Waals surface area contributed by atoms with E-state index in [1.54, 1.807) is 0 Å². The van der Waals surface area contributed by atoms with E-state index in [0.717, 1.165) is 0 Å². The molecule has 0 aliphatic heterocycles. The topological polar surface area (TPSA) is 34.1 Å². The predicted octanol–water partition coefficient (Wildman–Crippen LogP) is 1.54. The van der Waals surface area contributed by atoms with Crippen LogP contribution < -0.4 is 0 Å². The second-order valence-corrected chi connectivity index (χ2v) is 11.3. The molecule has 0 aliphatic rings. The van der Waals surface area contributed by atoms with Crippen molar-refractivity contribution < 1.29 is 22.4 Å². The van der Waals surface area contributed by atoms with E-state index < -0.39 is 12.8 Å². The van der Waals surface area contributed by atoms with Gasteiger partial charge in [0.05, 0.1) is 0 Å². The summed E-state index contributed by atoms with van der Waals surface area (Å²) in [4.78, 5) is 21.0. The summed E-state index contributed by atoms with van der Waals surface area (Å²) >= 11 is -3.50. The molecule has 0 fully saturated rings. The Kier molecular flexibility index (Phi) is 3.28. The van der Waals surface area contributed by atoms with Crippen LogP contribution in [0.25, 0.3) is 0 Å². The van der Waals surface area contributed by atoms with E-state index in [9.17, 15) is 9.59 Å². The summed E-state index contributed by atoms with van der Waals surface area (Å²) in [5.41, 5.74) is 0. The molecule has 0 amide bonds. The van der Waals surface area contributed by atoms with Gasteiger partial charge < -0.3 is 0 Å². The van der Waals surface area contributed by atoms with E-state index in [4.69, 9.17) is 19.4 Å². The van der Waals surface area contributed by atoms with Gasteiger partial charge in [-0.1, -0.05) is 0 Å². The third-order valence-corrected chi connectivity index (χ3v) is 8.15. The first-order valence-corrected chi connectivity index (χ1v) is 8.24. The van der Waals surface area contributed by atoms with Crippen LogP contribution in [0.15, 0.2) is 0 Å². The molecule has 0 unspecified atom stereocenters. The summed E-state index contributed by atoms with van der Waals surface area (Å²) in [7, 11) is 10.9. The molecule has 0 aromatic heterocycles. The molecule has 0 saturated carbocycles. The molecule has 0 atom stereocenters. The quantitative estimate of drug-likeness (QED) is 0.704. The molecule has 0 aromatic carbocycles. The minimum absolute atomic E-state index is 0.373. The van der Waals surface area contributed by atoms with Crippen molar-refractivity contribution in [3.05, 3.63) is 0 Å². The zero-order chi connectivity index (χ0) is 7.65. The second-order valence-electron chi connectivity index (χ2n) is 1.31. The monoisotopic (exact) mass is 258 g/mol. The molecule has 2 nitrogen and oxygen atoms in total. The Labute approximate surface area is 64.4 Å². The van der Waals surface area contributed by atoms with E-state index in [0.29, 0.717) is 0 Å². The van der Waals surface area contributed by atoms with Gasteiger partial charge in [0.15, 0.2) is 0 Å². The fraction of sp³-hybridized carbons (Fsp3) is 0.500. The van der Waals surface area contributed by atoms with Crippen molar-refractivity contribution in [2.75, 3.05) is 0 Å². The summed E-state index contributed by atoms with van der Waals surface area (Å²) in [6.45, 7) is 2.49. The van der Waals surface area contributed by atoms with Gasteiger partial charge in [-0.15, -0.1) is 0 Å². The van der Waals surface area contributed by atoms with Gasteiger partial charge in [0.1, 0.15) is 0 Å². The van der Waals surface area contributed by atoms with Crippen molar-refractivity contribution in [3.8, 4) is 0 Å². The molecule has 0 spiro atoms. The van der Waals surface area contributed by atoms with Crippen molar-refractivity contribution in [1.29, 1.82) is 0 Å². The minimum atomic E-state index is -3.50. The summed E-state index contributed by atoms with van der Waals surface area (Å²) < 4.78 is -0.746. The van der Waals surface area contributed by atoms with Crippen LogP contribution in [-0.2, 0) is 22.4 Å². The molecule has 5 heteroatoms. The Morgan fingerprint density at radius 2 is 1.33 bits per heavy atom. The second kappa shape index (κ2) is 3.09. The Morgan fingerprint density at radius 1 is 1.11 bits per heavy atom. The fourth-order valence-corrected chi connectivity index (χ4v) is 1.04. The summed E-state index contributed by atoms with van der Waals surface area (Å²) in [6.07, 6.45) is 0. The predicted molar refractivity (Wildman–Crippen MR) is 33.1 cm³/mol. The molecule has 0 radical (unpaired) electrons. The van der Waals surface area contributed by atoms with Crippen LogP contribution in [0, 0.1) is 0 Å². The van der Waals surface area contributed by atoms with Crippen molar-refractivity contribution in [2.24, 2.45) is 0 Å². The number of hydrogen-bond acceptors (Lipinski definition) is 2. The Morgan fingerprint density at radius 3 is 1.33 bits per heavy atom. The average molecular weight is 258 g/mol. The number of hydrogen-bond donors (Lipinski definition) is 0. The molecule has 0 heterocycles. The van der Waals surface area contributed by atoms with Crippen molar-refractivity contribution in [2.45, 2.75) is 13.8 Å². The molecule has 56 valence electrons. The fourth-order valence-electron chi connectivity index (χ4n) is 0.175. The third kappa shape index (κ3) is 2.32. The summed E-state index contributed by atoms with van der Waals surface area (Å²) in [5.74, 6) is 0. The molecule has 0 rings (SSSR count). The number of carbonyl (C=O) groups excluding carboxylic acids is 2. The molecule has 0 N–H and O–H groups in total. The molecular formula is C4H6Cl2O2Ru. The standard InChI is InChI=1S/2C2H3O.2ClH.Ru/c2*1-2-3;;;/h2*1H3;2*1H;/q;;;;+2/p-2. The molecule has 0 aliphatic carbocycles. The summed E-state index contributed by atoms with van der Waals surface area (Å²) in [6, 6.07) is 0. The van der Waals surface area contributed by atoms with Crippen molar-refractivity contribution in [1.82, 2.24) is 0 Å². The van der Waals surface area contributed by atoms with Crippen LogP contribution in [0.2, 0.25) is 0 Å². The van der Waals surface area contributed by atoms with Crippen LogP contribution in [0.3, 0.4) is 0 Å². The van der Waals surface area contributed by atoms with E-state index in [1.165, 1.54) is 13.8 Å². The van der Waals surface area contributed by atoms with Gasteiger partial charge in [-0.2, -0.15) is 0 Å². The van der Waals surface area contributed by atoms with E-state index >= 15 is 0 Å². The van der Waals surface area contributed by atoms with E-state index in [2.05, 4.69) is 0 Å². The van der Waals surface area contributed by atoms with Crippen LogP contribution >= 0.6 is 19.4 Å². The molecular weight excluding hydrogens is 252 g/mol. The van der Waals surface area contributed by atoms with Crippen molar-refractivity contribution >= 4 is 28.1 Å². The normalized spacial score (nSPS) is 12.9. The molecule has 0 aromatic rings. The Hall–Kier alpha value is 0.543. The van der Waals surface area contributed by atoms with Gasteiger partial charge in [0.2, 0.25) is 0 Å². The van der Waals surface area contributed by atoms with Crippen LogP contribution in [-0.4, -0.2) is 8.76 Å². The Bertz CT molecular complexity index is 139. The van der Waals surface area contributed by atoms with E-state index in [1.807, 2.05) is 0 Å².